The molecular weight excluding hydrogens is 382 g/mol. The Labute approximate surface area is 177 Å². The van der Waals surface area contributed by atoms with E-state index in [1.165, 1.54) is 31.1 Å². The van der Waals surface area contributed by atoms with Crippen LogP contribution in [-0.2, 0) is 16.0 Å². The molecule has 0 aliphatic carbocycles. The lowest BCUT2D eigenvalue weighted by atomic mass is 10.0. The molecule has 0 spiro atoms. The third kappa shape index (κ3) is 6.69. The smallest absolute Gasteiger partial charge is 0.254 e. The summed E-state index contributed by atoms with van der Waals surface area (Å²) in [4.78, 5) is 27.1. The van der Waals surface area contributed by atoms with Gasteiger partial charge in [-0.1, -0.05) is 43.5 Å². The standard InChI is InChI=1S/C23H31N3O4/c1-2-3-4-5-7-18-9-11-19(12-10-18)23(28)26(16-20-8-6-14-29-20)17-22(27)24-21-13-15-30-25-21/h9-13,15,20H,2-8,14,16-17H2,1H3,(H,24,25,27)/t20-/m0/s1. The predicted molar refractivity (Wildman–Crippen MR) is 114 cm³/mol. The molecule has 1 fully saturated rings. The predicted octanol–water partition coefficient (Wildman–Crippen LogP) is 4.06. The van der Waals surface area contributed by atoms with E-state index in [1.807, 2.05) is 24.3 Å². The number of carbonyl (C=O) groups is 2. The Hall–Kier alpha value is -2.67. The molecule has 3 rings (SSSR count). The average molecular weight is 414 g/mol. The third-order valence-corrected chi connectivity index (χ3v) is 5.29. The van der Waals surface area contributed by atoms with E-state index < -0.39 is 0 Å². The Bertz CT molecular complexity index is 783. The van der Waals surface area contributed by atoms with Gasteiger partial charge in [0.25, 0.3) is 5.91 Å². The highest BCUT2D eigenvalue weighted by Gasteiger charge is 2.25. The summed E-state index contributed by atoms with van der Waals surface area (Å²) >= 11 is 0. The highest BCUT2D eigenvalue weighted by molar-refractivity contribution is 5.99. The van der Waals surface area contributed by atoms with Gasteiger partial charge >= 0.3 is 0 Å². The fourth-order valence-electron chi connectivity index (χ4n) is 3.64. The Morgan fingerprint density at radius 1 is 1.17 bits per heavy atom. The molecule has 1 aliphatic heterocycles. The molecule has 0 radical (unpaired) electrons. The van der Waals surface area contributed by atoms with Crippen molar-refractivity contribution in [2.45, 2.75) is 58.0 Å². The molecule has 1 saturated heterocycles. The van der Waals surface area contributed by atoms with Gasteiger partial charge in [0.1, 0.15) is 12.8 Å². The zero-order valence-corrected chi connectivity index (χ0v) is 17.6. The third-order valence-electron chi connectivity index (χ3n) is 5.29. The number of nitrogens with zero attached hydrogens (tertiary/aromatic N) is 2. The number of carbonyl (C=O) groups excluding carboxylic acids is 2. The number of aromatic nitrogens is 1. The molecular formula is C23H31N3O4. The van der Waals surface area contributed by atoms with E-state index in [1.54, 1.807) is 11.0 Å². The van der Waals surface area contributed by atoms with Crippen LogP contribution < -0.4 is 5.32 Å². The summed E-state index contributed by atoms with van der Waals surface area (Å²) < 4.78 is 10.4. The van der Waals surface area contributed by atoms with E-state index >= 15 is 0 Å². The summed E-state index contributed by atoms with van der Waals surface area (Å²) in [5.41, 5.74) is 1.82. The number of hydrogen-bond acceptors (Lipinski definition) is 5. The Balaban J connectivity index is 1.62. The molecule has 1 aromatic heterocycles. The van der Waals surface area contributed by atoms with E-state index in [2.05, 4.69) is 17.4 Å². The van der Waals surface area contributed by atoms with Gasteiger partial charge in [0, 0.05) is 24.8 Å². The van der Waals surface area contributed by atoms with Gasteiger partial charge in [-0.05, 0) is 43.4 Å². The second-order valence-corrected chi connectivity index (χ2v) is 7.76. The maximum atomic E-state index is 13.1. The van der Waals surface area contributed by atoms with Crippen LogP contribution in [0.3, 0.4) is 0 Å². The van der Waals surface area contributed by atoms with Gasteiger partial charge < -0.3 is 19.5 Å². The number of ether oxygens (including phenoxy) is 1. The fraction of sp³-hybridized carbons (Fsp3) is 0.522. The van der Waals surface area contributed by atoms with Crippen LogP contribution in [0.4, 0.5) is 5.82 Å². The molecule has 162 valence electrons. The molecule has 7 heteroatoms. The van der Waals surface area contributed by atoms with E-state index in [-0.39, 0.29) is 24.5 Å². The topological polar surface area (TPSA) is 84.7 Å². The molecule has 0 unspecified atom stereocenters. The van der Waals surface area contributed by atoms with E-state index in [4.69, 9.17) is 9.26 Å². The molecule has 0 bridgehead atoms. The molecule has 1 N–H and O–H groups in total. The second-order valence-electron chi connectivity index (χ2n) is 7.76. The minimum atomic E-state index is -0.317. The van der Waals surface area contributed by atoms with Crippen molar-refractivity contribution < 1.29 is 18.8 Å². The minimum absolute atomic E-state index is 0.0355. The van der Waals surface area contributed by atoms with Crippen LogP contribution in [0.5, 0.6) is 0 Å². The van der Waals surface area contributed by atoms with E-state index in [0.29, 0.717) is 24.5 Å². The maximum Gasteiger partial charge on any atom is 0.254 e. The number of rotatable bonds is 11. The van der Waals surface area contributed by atoms with Gasteiger partial charge in [0.2, 0.25) is 5.91 Å². The minimum Gasteiger partial charge on any atom is -0.376 e. The molecule has 1 aliphatic rings. The van der Waals surface area contributed by atoms with Crippen molar-refractivity contribution >= 4 is 17.6 Å². The number of aryl methyl sites for hydroxylation is 1. The first-order chi connectivity index (χ1) is 14.7. The van der Waals surface area contributed by atoms with Gasteiger partial charge in [0.15, 0.2) is 5.82 Å². The number of benzene rings is 1. The summed E-state index contributed by atoms with van der Waals surface area (Å²) in [6.45, 7) is 3.23. The first-order valence-corrected chi connectivity index (χ1v) is 10.9. The first-order valence-electron chi connectivity index (χ1n) is 10.9. The summed E-state index contributed by atoms with van der Waals surface area (Å²) in [5.74, 6) is -0.155. The number of amides is 2. The zero-order chi connectivity index (χ0) is 21.2. The van der Waals surface area contributed by atoms with Crippen LogP contribution >= 0.6 is 0 Å². The van der Waals surface area contributed by atoms with Crippen LogP contribution in [0.25, 0.3) is 0 Å². The highest BCUT2D eigenvalue weighted by Crippen LogP contribution is 2.16. The van der Waals surface area contributed by atoms with Crippen molar-refractivity contribution in [2.24, 2.45) is 0 Å². The zero-order valence-electron chi connectivity index (χ0n) is 17.6. The molecule has 1 atom stereocenters. The van der Waals surface area contributed by atoms with Crippen LogP contribution in [0, 0.1) is 0 Å². The molecule has 2 amide bonds. The van der Waals surface area contributed by atoms with Crippen molar-refractivity contribution in [1.29, 1.82) is 0 Å². The summed E-state index contributed by atoms with van der Waals surface area (Å²) in [6, 6.07) is 9.30. The van der Waals surface area contributed by atoms with Crippen molar-refractivity contribution in [2.75, 3.05) is 25.0 Å². The van der Waals surface area contributed by atoms with Gasteiger partial charge in [-0.3, -0.25) is 9.59 Å². The SMILES string of the molecule is CCCCCCc1ccc(C(=O)N(CC(=O)Nc2ccon2)C[C@@H]2CCCO2)cc1. The van der Waals surface area contributed by atoms with Gasteiger partial charge in [0.05, 0.1) is 6.10 Å². The van der Waals surface area contributed by atoms with Gasteiger partial charge in [-0.2, -0.15) is 0 Å². The lowest BCUT2D eigenvalue weighted by Gasteiger charge is -2.25. The molecule has 30 heavy (non-hydrogen) atoms. The number of nitrogens with one attached hydrogen (secondary N) is 1. The highest BCUT2D eigenvalue weighted by atomic mass is 16.5. The number of unbranched alkanes of at least 4 members (excludes halogenated alkanes) is 3. The van der Waals surface area contributed by atoms with Crippen LogP contribution in [-0.4, -0.2) is 47.7 Å². The Morgan fingerprint density at radius 3 is 2.67 bits per heavy atom. The maximum absolute atomic E-state index is 13.1. The van der Waals surface area contributed by atoms with Crippen molar-refractivity contribution in [3.63, 3.8) is 0 Å². The largest absolute Gasteiger partial charge is 0.376 e. The monoisotopic (exact) mass is 413 g/mol. The second kappa shape index (κ2) is 11.5. The lowest BCUT2D eigenvalue weighted by molar-refractivity contribution is -0.117. The summed E-state index contributed by atoms with van der Waals surface area (Å²) in [7, 11) is 0. The summed E-state index contributed by atoms with van der Waals surface area (Å²) in [6.07, 6.45) is 9.11. The van der Waals surface area contributed by atoms with Gasteiger partial charge in [-0.25, -0.2) is 0 Å². The normalized spacial score (nSPS) is 15.8. The first kappa shape index (κ1) is 22.0. The van der Waals surface area contributed by atoms with Crippen LogP contribution in [0.2, 0.25) is 0 Å². The summed E-state index contributed by atoms with van der Waals surface area (Å²) in [5, 5.41) is 6.33. The van der Waals surface area contributed by atoms with E-state index in [9.17, 15) is 9.59 Å². The Kier molecular flexibility index (Phi) is 8.44. The van der Waals surface area contributed by atoms with E-state index in [0.717, 1.165) is 25.7 Å². The lowest BCUT2D eigenvalue weighted by Crippen LogP contribution is -2.42. The number of anilines is 1. The number of hydrogen-bond donors (Lipinski definition) is 1. The fourth-order valence-corrected chi connectivity index (χ4v) is 3.64. The molecule has 1 aromatic carbocycles. The average Bonchev–Trinajstić information content (AvgIpc) is 3.45. The Morgan fingerprint density at radius 2 is 2.00 bits per heavy atom. The van der Waals surface area contributed by atoms with Crippen LogP contribution in [0.15, 0.2) is 41.1 Å². The van der Waals surface area contributed by atoms with Crippen molar-refractivity contribution in [3.05, 3.63) is 47.7 Å². The molecule has 0 saturated carbocycles. The molecule has 2 aromatic rings. The van der Waals surface area contributed by atoms with Gasteiger partial charge in [-0.15, -0.1) is 0 Å². The quantitative estimate of drug-likeness (QED) is 0.562. The van der Waals surface area contributed by atoms with Crippen molar-refractivity contribution in [3.8, 4) is 0 Å². The van der Waals surface area contributed by atoms with Crippen molar-refractivity contribution in [1.82, 2.24) is 10.1 Å². The molecule has 7 nitrogen and oxygen atoms in total. The molecule has 2 heterocycles. The van der Waals surface area contributed by atoms with Crippen LogP contribution in [0.1, 0.15) is 61.4 Å².